The van der Waals surface area contributed by atoms with E-state index in [1.807, 2.05) is 90.3 Å². The molecule has 6 heteroatoms. The van der Waals surface area contributed by atoms with Crippen molar-refractivity contribution in [2.75, 3.05) is 43.6 Å². The van der Waals surface area contributed by atoms with Gasteiger partial charge in [0.2, 0.25) is 5.89 Å². The third-order valence-corrected chi connectivity index (χ3v) is 5.74. The Labute approximate surface area is 169 Å². The van der Waals surface area contributed by atoms with Crippen molar-refractivity contribution in [3.05, 3.63) is 60.3 Å². The number of amides is 1. The largest absolute Gasteiger partial charge is 0.435 e. The molecule has 5 nitrogen and oxygen atoms in total. The molecule has 0 N–H and O–H groups in total. The number of carbonyl (C=O) groups excluding carboxylic acids is 1. The van der Waals surface area contributed by atoms with E-state index in [4.69, 9.17) is 4.42 Å². The van der Waals surface area contributed by atoms with Gasteiger partial charge in [-0.3, -0.25) is 4.79 Å². The first-order chi connectivity index (χ1) is 13.6. The number of rotatable bonds is 4. The zero-order chi connectivity index (χ0) is 19.5. The van der Waals surface area contributed by atoms with Crippen molar-refractivity contribution in [1.29, 1.82) is 0 Å². The van der Waals surface area contributed by atoms with Crippen molar-refractivity contribution in [3.63, 3.8) is 0 Å². The van der Waals surface area contributed by atoms with E-state index < -0.39 is 0 Å². The fourth-order valence-corrected chi connectivity index (χ4v) is 4.10. The van der Waals surface area contributed by atoms with Crippen molar-refractivity contribution in [2.45, 2.75) is 0 Å². The molecule has 2 aromatic carbocycles. The van der Waals surface area contributed by atoms with Gasteiger partial charge in [0.1, 0.15) is 0 Å². The Bertz CT molecular complexity index is 946. The summed E-state index contributed by atoms with van der Waals surface area (Å²) in [6.07, 6.45) is 0. The first kappa shape index (κ1) is 18.6. The highest BCUT2D eigenvalue weighted by Crippen LogP contribution is 2.32. The van der Waals surface area contributed by atoms with Gasteiger partial charge < -0.3 is 14.2 Å². The molecule has 0 radical (unpaired) electrons. The van der Waals surface area contributed by atoms with E-state index in [0.717, 1.165) is 41.4 Å². The minimum Gasteiger partial charge on any atom is -0.435 e. The number of hydrogen-bond acceptors (Lipinski definition) is 5. The summed E-state index contributed by atoms with van der Waals surface area (Å²) in [5.74, 6) is 2.87. The average molecular weight is 394 g/mol. The standard InChI is InChI=1S/C22H23N3O2S/c1-24(2)18-10-8-16(9-11-18)20-19(22(26)25-12-14-28-15-13-25)23-21(27-20)17-6-4-3-5-7-17/h3-11H,12-15H2,1-2H3. The fraction of sp³-hybridized carbons (Fsp3) is 0.273. The normalized spacial score (nSPS) is 14.1. The van der Waals surface area contributed by atoms with Gasteiger partial charge >= 0.3 is 0 Å². The van der Waals surface area contributed by atoms with Crippen molar-refractivity contribution in [1.82, 2.24) is 9.88 Å². The molecule has 144 valence electrons. The van der Waals surface area contributed by atoms with Crippen LogP contribution in [-0.4, -0.2) is 54.5 Å². The van der Waals surface area contributed by atoms with Gasteiger partial charge in [0.05, 0.1) is 0 Å². The predicted octanol–water partition coefficient (Wildman–Crippen LogP) is 4.26. The van der Waals surface area contributed by atoms with Gasteiger partial charge in [-0.25, -0.2) is 4.98 Å². The van der Waals surface area contributed by atoms with Crippen LogP contribution in [0.1, 0.15) is 10.5 Å². The fourth-order valence-electron chi connectivity index (χ4n) is 3.19. The van der Waals surface area contributed by atoms with Crippen molar-refractivity contribution in [2.24, 2.45) is 0 Å². The van der Waals surface area contributed by atoms with Crippen molar-refractivity contribution >= 4 is 23.4 Å². The smallest absolute Gasteiger partial charge is 0.276 e. The first-order valence-electron chi connectivity index (χ1n) is 9.34. The quantitative estimate of drug-likeness (QED) is 0.663. The van der Waals surface area contributed by atoms with Gasteiger partial charge in [0.15, 0.2) is 11.5 Å². The molecule has 0 aliphatic carbocycles. The summed E-state index contributed by atoms with van der Waals surface area (Å²) in [4.78, 5) is 21.7. The van der Waals surface area contributed by atoms with Gasteiger partial charge in [-0.05, 0) is 36.4 Å². The van der Waals surface area contributed by atoms with Gasteiger partial charge in [0, 0.05) is 55.5 Å². The van der Waals surface area contributed by atoms with Crippen LogP contribution in [0.4, 0.5) is 5.69 Å². The number of anilines is 1. The molecule has 4 rings (SSSR count). The summed E-state index contributed by atoms with van der Waals surface area (Å²) in [6.45, 7) is 1.49. The molecule has 0 saturated carbocycles. The topological polar surface area (TPSA) is 49.6 Å². The third-order valence-electron chi connectivity index (χ3n) is 4.79. The lowest BCUT2D eigenvalue weighted by atomic mass is 10.1. The van der Waals surface area contributed by atoms with E-state index in [1.165, 1.54) is 0 Å². The highest BCUT2D eigenvalue weighted by atomic mass is 32.2. The lowest BCUT2D eigenvalue weighted by molar-refractivity contribution is 0.0767. The molecule has 0 unspecified atom stereocenters. The van der Waals surface area contributed by atoms with E-state index in [2.05, 4.69) is 4.98 Å². The molecular weight excluding hydrogens is 370 g/mol. The Morgan fingerprint density at radius 1 is 1.00 bits per heavy atom. The molecule has 1 aromatic heterocycles. The summed E-state index contributed by atoms with van der Waals surface area (Å²) >= 11 is 1.88. The second kappa shape index (κ2) is 8.10. The second-order valence-corrected chi connectivity index (χ2v) is 8.13. The van der Waals surface area contributed by atoms with Crippen LogP contribution in [0.2, 0.25) is 0 Å². The molecular formula is C22H23N3O2S. The maximum Gasteiger partial charge on any atom is 0.276 e. The van der Waals surface area contributed by atoms with Crippen LogP contribution in [0, 0.1) is 0 Å². The SMILES string of the molecule is CN(C)c1ccc(-c2oc(-c3ccccc3)nc2C(=O)N2CCSCC2)cc1. The first-order valence-corrected chi connectivity index (χ1v) is 10.5. The number of hydrogen-bond donors (Lipinski definition) is 0. The van der Waals surface area contributed by atoms with Crippen LogP contribution in [0.3, 0.4) is 0 Å². The summed E-state index contributed by atoms with van der Waals surface area (Å²) in [6, 6.07) is 17.7. The Kier molecular flexibility index (Phi) is 5.39. The van der Waals surface area contributed by atoms with E-state index in [1.54, 1.807) is 0 Å². The number of oxazole rings is 1. The molecule has 1 aliphatic rings. The van der Waals surface area contributed by atoms with Crippen LogP contribution in [0.15, 0.2) is 59.0 Å². The predicted molar refractivity (Wildman–Crippen MR) is 115 cm³/mol. The molecule has 2 heterocycles. The summed E-state index contributed by atoms with van der Waals surface area (Å²) < 4.78 is 6.12. The molecule has 0 bridgehead atoms. The van der Waals surface area contributed by atoms with E-state index in [9.17, 15) is 4.79 Å². The van der Waals surface area contributed by atoms with Gasteiger partial charge in [-0.2, -0.15) is 11.8 Å². The van der Waals surface area contributed by atoms with Gasteiger partial charge in [-0.15, -0.1) is 0 Å². The summed E-state index contributed by atoms with van der Waals surface area (Å²) in [7, 11) is 4.00. The number of thioether (sulfide) groups is 1. The van der Waals surface area contributed by atoms with Crippen LogP contribution < -0.4 is 4.90 Å². The Hall–Kier alpha value is -2.73. The van der Waals surface area contributed by atoms with Crippen molar-refractivity contribution in [3.8, 4) is 22.8 Å². The molecule has 1 aliphatic heterocycles. The van der Waals surface area contributed by atoms with Gasteiger partial charge in [0.25, 0.3) is 5.91 Å². The Morgan fingerprint density at radius 3 is 2.32 bits per heavy atom. The Morgan fingerprint density at radius 2 is 1.68 bits per heavy atom. The summed E-state index contributed by atoms with van der Waals surface area (Å²) in [5, 5.41) is 0. The zero-order valence-electron chi connectivity index (χ0n) is 16.1. The highest BCUT2D eigenvalue weighted by Gasteiger charge is 2.27. The summed E-state index contributed by atoms with van der Waals surface area (Å²) in [5.41, 5.74) is 3.20. The van der Waals surface area contributed by atoms with Crippen LogP contribution >= 0.6 is 11.8 Å². The number of nitrogens with zero attached hydrogens (tertiary/aromatic N) is 3. The maximum absolute atomic E-state index is 13.2. The molecule has 1 fully saturated rings. The van der Waals surface area contributed by atoms with Gasteiger partial charge in [-0.1, -0.05) is 18.2 Å². The Balaban J connectivity index is 1.76. The van der Waals surface area contributed by atoms with Crippen molar-refractivity contribution < 1.29 is 9.21 Å². The highest BCUT2D eigenvalue weighted by molar-refractivity contribution is 7.99. The third kappa shape index (κ3) is 3.78. The molecule has 0 atom stereocenters. The van der Waals surface area contributed by atoms with Crippen LogP contribution in [-0.2, 0) is 0 Å². The average Bonchev–Trinajstić information content (AvgIpc) is 3.20. The lowest BCUT2D eigenvalue weighted by Crippen LogP contribution is -2.38. The second-order valence-electron chi connectivity index (χ2n) is 6.91. The van der Waals surface area contributed by atoms with Crippen LogP contribution in [0.5, 0.6) is 0 Å². The number of carbonyl (C=O) groups is 1. The molecule has 0 spiro atoms. The molecule has 3 aromatic rings. The zero-order valence-corrected chi connectivity index (χ0v) is 16.9. The molecule has 1 saturated heterocycles. The minimum absolute atomic E-state index is 0.0575. The lowest BCUT2D eigenvalue weighted by Gasteiger charge is -2.25. The van der Waals surface area contributed by atoms with E-state index >= 15 is 0 Å². The number of aromatic nitrogens is 1. The number of benzene rings is 2. The minimum atomic E-state index is -0.0575. The maximum atomic E-state index is 13.2. The van der Waals surface area contributed by atoms with Crippen LogP contribution in [0.25, 0.3) is 22.8 Å². The molecule has 1 amide bonds. The van der Waals surface area contributed by atoms with E-state index in [-0.39, 0.29) is 5.91 Å². The monoisotopic (exact) mass is 393 g/mol. The van der Waals surface area contributed by atoms with E-state index in [0.29, 0.717) is 17.3 Å². The molecule has 28 heavy (non-hydrogen) atoms.